The predicted molar refractivity (Wildman–Crippen MR) is 46.0 cm³/mol. The van der Waals surface area contributed by atoms with Crippen molar-refractivity contribution in [2.75, 3.05) is 0 Å². The molecule has 0 nitrogen and oxygen atoms in total. The van der Waals surface area contributed by atoms with Crippen molar-refractivity contribution in [3.8, 4) is 0 Å². The highest BCUT2D eigenvalue weighted by molar-refractivity contribution is 4.69. The van der Waals surface area contributed by atoms with E-state index in [-0.39, 0.29) is 0 Å². The second-order valence-corrected chi connectivity index (χ2v) is 3.78. The van der Waals surface area contributed by atoms with Crippen LogP contribution in [0.5, 0.6) is 0 Å². The summed E-state index contributed by atoms with van der Waals surface area (Å²) in [4.78, 5) is 0. The fraction of sp³-hybridized carbons (Fsp3) is 1.00. The first-order valence-electron chi connectivity index (χ1n) is 4.84. The molecule has 1 fully saturated rings. The van der Waals surface area contributed by atoms with E-state index in [1.165, 1.54) is 38.5 Å². The minimum absolute atomic E-state index is 1.01. The topological polar surface area (TPSA) is 0 Å². The fourth-order valence-electron chi connectivity index (χ4n) is 2.18. The molecular weight excluding hydrogens is 120 g/mol. The van der Waals surface area contributed by atoms with Crippen molar-refractivity contribution in [2.45, 2.75) is 52.4 Å². The molecule has 0 radical (unpaired) electrons. The maximum absolute atomic E-state index is 2.43. The molecule has 0 N–H and O–H groups in total. The van der Waals surface area contributed by atoms with Gasteiger partial charge in [0.05, 0.1) is 0 Å². The first-order valence-corrected chi connectivity index (χ1v) is 4.84. The van der Waals surface area contributed by atoms with Gasteiger partial charge in [0.2, 0.25) is 0 Å². The highest BCUT2D eigenvalue weighted by Crippen LogP contribution is 2.30. The van der Waals surface area contributed by atoms with Crippen LogP contribution in [0.1, 0.15) is 52.4 Å². The summed E-state index contributed by atoms with van der Waals surface area (Å²) in [6.07, 6.45) is 8.85. The van der Waals surface area contributed by atoms with E-state index < -0.39 is 0 Å². The summed E-state index contributed by atoms with van der Waals surface area (Å²) in [5.74, 6) is 2.05. The van der Waals surface area contributed by atoms with Gasteiger partial charge in [-0.05, 0) is 11.8 Å². The zero-order valence-corrected chi connectivity index (χ0v) is 7.40. The summed E-state index contributed by atoms with van der Waals surface area (Å²) in [6, 6.07) is 0. The Bertz CT molecular complexity index is 86.0. The third-order valence-electron chi connectivity index (χ3n) is 3.06. The van der Waals surface area contributed by atoms with E-state index >= 15 is 0 Å². The molecule has 1 saturated carbocycles. The molecule has 0 amide bonds. The largest absolute Gasteiger partial charge is 0.0651 e. The molecule has 60 valence electrons. The third kappa shape index (κ3) is 2.00. The van der Waals surface area contributed by atoms with Gasteiger partial charge < -0.3 is 0 Å². The fourth-order valence-corrected chi connectivity index (χ4v) is 2.18. The zero-order valence-electron chi connectivity index (χ0n) is 7.40. The Hall–Kier alpha value is 0. The minimum atomic E-state index is 1.01. The van der Waals surface area contributed by atoms with Crippen LogP contribution >= 0.6 is 0 Å². The van der Waals surface area contributed by atoms with E-state index in [1.807, 2.05) is 0 Å². The monoisotopic (exact) mass is 140 g/mol. The van der Waals surface area contributed by atoms with Gasteiger partial charge in [-0.3, -0.25) is 0 Å². The lowest BCUT2D eigenvalue weighted by atomic mass is 9.88. The molecule has 0 bridgehead atoms. The molecule has 2 atom stereocenters. The van der Waals surface area contributed by atoms with Gasteiger partial charge in [-0.1, -0.05) is 52.4 Å². The average molecular weight is 140 g/mol. The van der Waals surface area contributed by atoms with E-state index in [1.54, 1.807) is 0 Å². The Morgan fingerprint density at radius 3 is 2.50 bits per heavy atom. The standard InChI is InChI=1S/C10H20/c1-3-10-8-6-4-5-7-9(10)2/h9-10H,3-8H2,1-2H3/t9-,10-/m1/s1. The van der Waals surface area contributed by atoms with Crippen LogP contribution in [0.25, 0.3) is 0 Å². The quantitative estimate of drug-likeness (QED) is 0.488. The molecular formula is C10H20. The molecule has 1 aliphatic rings. The summed E-state index contributed by atoms with van der Waals surface area (Å²) in [5.41, 5.74) is 0. The van der Waals surface area contributed by atoms with E-state index in [0.717, 1.165) is 11.8 Å². The molecule has 0 heterocycles. The lowest BCUT2D eigenvalue weighted by Gasteiger charge is -2.18. The Labute approximate surface area is 65.0 Å². The summed E-state index contributed by atoms with van der Waals surface area (Å²) < 4.78 is 0. The Morgan fingerprint density at radius 2 is 1.80 bits per heavy atom. The summed E-state index contributed by atoms with van der Waals surface area (Å²) >= 11 is 0. The van der Waals surface area contributed by atoms with E-state index in [2.05, 4.69) is 13.8 Å². The number of rotatable bonds is 1. The third-order valence-corrected chi connectivity index (χ3v) is 3.06. The molecule has 1 rings (SSSR count). The van der Waals surface area contributed by atoms with Crippen molar-refractivity contribution in [3.63, 3.8) is 0 Å². The van der Waals surface area contributed by atoms with Gasteiger partial charge in [-0.15, -0.1) is 0 Å². The molecule has 10 heavy (non-hydrogen) atoms. The van der Waals surface area contributed by atoms with E-state index in [9.17, 15) is 0 Å². The Balaban J connectivity index is 2.35. The summed E-state index contributed by atoms with van der Waals surface area (Å²) in [7, 11) is 0. The first-order chi connectivity index (χ1) is 4.84. The lowest BCUT2D eigenvalue weighted by Crippen LogP contribution is -2.07. The second-order valence-electron chi connectivity index (χ2n) is 3.78. The minimum Gasteiger partial charge on any atom is -0.0651 e. The summed E-state index contributed by atoms with van der Waals surface area (Å²) in [6.45, 7) is 4.77. The van der Waals surface area contributed by atoms with Gasteiger partial charge >= 0.3 is 0 Å². The number of hydrogen-bond acceptors (Lipinski definition) is 0. The van der Waals surface area contributed by atoms with Crippen molar-refractivity contribution in [1.82, 2.24) is 0 Å². The van der Waals surface area contributed by atoms with Crippen LogP contribution < -0.4 is 0 Å². The zero-order chi connectivity index (χ0) is 7.40. The maximum Gasteiger partial charge on any atom is -0.0391 e. The van der Waals surface area contributed by atoms with Crippen LogP contribution in [0.2, 0.25) is 0 Å². The van der Waals surface area contributed by atoms with Gasteiger partial charge in [0.25, 0.3) is 0 Å². The van der Waals surface area contributed by atoms with Crippen LogP contribution in [0.4, 0.5) is 0 Å². The van der Waals surface area contributed by atoms with Crippen LogP contribution in [0.3, 0.4) is 0 Å². The first kappa shape index (κ1) is 8.10. The van der Waals surface area contributed by atoms with Gasteiger partial charge in [0.15, 0.2) is 0 Å². The van der Waals surface area contributed by atoms with Gasteiger partial charge in [-0.2, -0.15) is 0 Å². The molecule has 0 heteroatoms. The van der Waals surface area contributed by atoms with E-state index in [0.29, 0.717) is 0 Å². The van der Waals surface area contributed by atoms with Crippen molar-refractivity contribution in [3.05, 3.63) is 0 Å². The molecule has 0 aromatic heterocycles. The average Bonchev–Trinajstić information content (AvgIpc) is 2.13. The highest BCUT2D eigenvalue weighted by atomic mass is 14.2. The molecule has 0 aliphatic heterocycles. The van der Waals surface area contributed by atoms with Crippen molar-refractivity contribution >= 4 is 0 Å². The van der Waals surface area contributed by atoms with Crippen molar-refractivity contribution in [1.29, 1.82) is 0 Å². The van der Waals surface area contributed by atoms with E-state index in [4.69, 9.17) is 0 Å². The number of hydrogen-bond donors (Lipinski definition) is 0. The van der Waals surface area contributed by atoms with Crippen molar-refractivity contribution in [2.24, 2.45) is 11.8 Å². The Kier molecular flexibility index (Phi) is 3.24. The van der Waals surface area contributed by atoms with Gasteiger partial charge in [-0.25, -0.2) is 0 Å². The molecule has 0 spiro atoms. The summed E-state index contributed by atoms with van der Waals surface area (Å²) in [5, 5.41) is 0. The second kappa shape index (κ2) is 4.00. The molecule has 0 saturated heterocycles. The highest BCUT2D eigenvalue weighted by Gasteiger charge is 2.17. The normalized spacial score (nSPS) is 35.4. The lowest BCUT2D eigenvalue weighted by molar-refractivity contribution is 0.328. The van der Waals surface area contributed by atoms with Crippen LogP contribution in [-0.2, 0) is 0 Å². The molecule has 0 unspecified atom stereocenters. The maximum atomic E-state index is 2.43. The molecule has 1 aliphatic carbocycles. The smallest absolute Gasteiger partial charge is 0.0391 e. The SMILES string of the molecule is CC[C@@H]1CCCCC[C@H]1C. The van der Waals surface area contributed by atoms with Crippen LogP contribution in [0, 0.1) is 11.8 Å². The van der Waals surface area contributed by atoms with Crippen molar-refractivity contribution < 1.29 is 0 Å². The molecule has 0 aromatic rings. The van der Waals surface area contributed by atoms with Crippen LogP contribution in [0.15, 0.2) is 0 Å². The van der Waals surface area contributed by atoms with Gasteiger partial charge in [0.1, 0.15) is 0 Å². The van der Waals surface area contributed by atoms with Gasteiger partial charge in [0, 0.05) is 0 Å². The Morgan fingerprint density at radius 1 is 1.10 bits per heavy atom. The van der Waals surface area contributed by atoms with Crippen LogP contribution in [-0.4, -0.2) is 0 Å². The predicted octanol–water partition coefficient (Wildman–Crippen LogP) is 3.61. The molecule has 0 aromatic carbocycles.